The molecule has 3 heterocycles. The second-order valence-corrected chi connectivity index (χ2v) is 6.20. The third kappa shape index (κ3) is 2.22. The summed E-state index contributed by atoms with van der Waals surface area (Å²) in [5.74, 6) is -0.564. The minimum atomic E-state index is -0.335. The van der Waals surface area contributed by atoms with E-state index >= 15 is 0 Å². The SMILES string of the molecule is CCn1cc(C(=O)c2ns[n+]3c2-c2ccc(F)cc2[C@@H](C)O3)cn1. The van der Waals surface area contributed by atoms with Crippen LogP contribution in [0.4, 0.5) is 4.39 Å². The first-order chi connectivity index (χ1) is 11.6. The van der Waals surface area contributed by atoms with Crippen molar-refractivity contribution in [3.8, 4) is 11.3 Å². The van der Waals surface area contributed by atoms with Gasteiger partial charge in [-0.15, -0.1) is 0 Å². The first-order valence-corrected chi connectivity index (χ1v) is 8.28. The third-order valence-electron chi connectivity index (χ3n) is 4.01. The molecular formula is C16H14FN4O2S+. The second-order valence-electron chi connectivity index (χ2n) is 5.52. The molecule has 6 nitrogen and oxygen atoms in total. The van der Waals surface area contributed by atoms with Crippen molar-refractivity contribution in [2.45, 2.75) is 26.5 Å². The summed E-state index contributed by atoms with van der Waals surface area (Å²) in [6.07, 6.45) is 2.90. The Hall–Kier alpha value is -2.61. The fourth-order valence-electron chi connectivity index (χ4n) is 2.77. The molecule has 0 fully saturated rings. The lowest BCUT2D eigenvalue weighted by molar-refractivity contribution is -0.842. The van der Waals surface area contributed by atoms with Crippen LogP contribution < -0.4 is 8.96 Å². The number of hydrogen-bond acceptors (Lipinski definition) is 5. The minimum absolute atomic E-state index is 0.229. The van der Waals surface area contributed by atoms with Crippen LogP contribution >= 0.6 is 11.7 Å². The van der Waals surface area contributed by atoms with Crippen molar-refractivity contribution in [3.63, 3.8) is 0 Å². The lowest BCUT2D eigenvalue weighted by Gasteiger charge is -2.19. The molecule has 0 unspecified atom stereocenters. The average molecular weight is 345 g/mol. The summed E-state index contributed by atoms with van der Waals surface area (Å²) in [7, 11) is 0. The summed E-state index contributed by atoms with van der Waals surface area (Å²) in [6.45, 7) is 4.46. The Morgan fingerprint density at radius 3 is 3.08 bits per heavy atom. The third-order valence-corrected chi connectivity index (χ3v) is 4.69. The molecule has 4 rings (SSSR count). The van der Waals surface area contributed by atoms with Gasteiger partial charge in [0.15, 0.2) is 6.10 Å². The first-order valence-electron chi connectivity index (χ1n) is 7.54. The van der Waals surface area contributed by atoms with Crippen LogP contribution in [0.5, 0.6) is 0 Å². The molecule has 0 aliphatic carbocycles. The van der Waals surface area contributed by atoms with Gasteiger partial charge in [0.2, 0.25) is 5.78 Å². The van der Waals surface area contributed by atoms with Gasteiger partial charge in [-0.1, -0.05) is 0 Å². The molecule has 1 aliphatic rings. The number of benzene rings is 1. The summed E-state index contributed by atoms with van der Waals surface area (Å²) in [5.41, 5.74) is 2.77. The van der Waals surface area contributed by atoms with E-state index in [4.69, 9.17) is 4.84 Å². The molecule has 0 radical (unpaired) electrons. The quantitative estimate of drug-likeness (QED) is 0.539. The second kappa shape index (κ2) is 5.48. The monoisotopic (exact) mass is 345 g/mol. The molecule has 0 saturated heterocycles. The smallest absolute Gasteiger partial charge is 0.316 e. The fraction of sp³-hybridized carbons (Fsp3) is 0.250. The minimum Gasteiger partial charge on any atom is -0.316 e. The summed E-state index contributed by atoms with van der Waals surface area (Å²) >= 11 is 1.06. The zero-order valence-corrected chi connectivity index (χ0v) is 13.9. The van der Waals surface area contributed by atoms with Crippen molar-refractivity contribution in [3.05, 3.63) is 53.2 Å². The van der Waals surface area contributed by atoms with Gasteiger partial charge in [-0.25, -0.2) is 4.39 Å². The van der Waals surface area contributed by atoms with Gasteiger partial charge in [0.1, 0.15) is 5.82 Å². The van der Waals surface area contributed by atoms with Crippen molar-refractivity contribution in [2.75, 3.05) is 0 Å². The Labute approximate surface area is 141 Å². The highest BCUT2D eigenvalue weighted by atomic mass is 32.1. The Morgan fingerprint density at radius 2 is 2.33 bits per heavy atom. The van der Waals surface area contributed by atoms with Crippen LogP contribution in [0.1, 0.15) is 41.6 Å². The van der Waals surface area contributed by atoms with Crippen molar-refractivity contribution in [1.82, 2.24) is 14.2 Å². The fourth-order valence-corrected chi connectivity index (χ4v) is 3.53. The first kappa shape index (κ1) is 14.9. The number of carbonyl (C=O) groups is 1. The zero-order valence-electron chi connectivity index (χ0n) is 13.1. The van der Waals surface area contributed by atoms with Crippen molar-refractivity contribution < 1.29 is 18.1 Å². The Balaban J connectivity index is 1.84. The van der Waals surface area contributed by atoms with E-state index in [0.717, 1.165) is 17.3 Å². The van der Waals surface area contributed by atoms with Crippen LogP contribution in [0.25, 0.3) is 11.3 Å². The number of hydrogen-bond donors (Lipinski definition) is 0. The van der Waals surface area contributed by atoms with Gasteiger partial charge in [0.25, 0.3) is 11.4 Å². The molecule has 1 aromatic carbocycles. The normalized spacial score (nSPS) is 15.5. The molecule has 8 heteroatoms. The highest BCUT2D eigenvalue weighted by Crippen LogP contribution is 2.33. The molecule has 1 atom stereocenters. The van der Waals surface area contributed by atoms with E-state index in [9.17, 15) is 9.18 Å². The highest BCUT2D eigenvalue weighted by Gasteiger charge is 2.38. The molecule has 3 aromatic rings. The van der Waals surface area contributed by atoms with Crippen molar-refractivity contribution in [1.29, 1.82) is 0 Å². The largest absolute Gasteiger partial charge is 0.321 e. The average Bonchev–Trinajstić information content (AvgIpc) is 3.21. The number of rotatable bonds is 3. The molecule has 24 heavy (non-hydrogen) atoms. The number of fused-ring (bicyclic) bond motifs is 3. The molecule has 0 N–H and O–H groups in total. The summed E-state index contributed by atoms with van der Waals surface area (Å²) in [5, 5.41) is 4.13. The molecule has 122 valence electrons. The number of aromatic nitrogens is 4. The number of halogens is 1. The molecule has 0 amide bonds. The Kier molecular flexibility index (Phi) is 3.42. The standard InChI is InChI=1S/C16H14FN4O2S/c1-3-20-8-10(7-18-20)16(22)14-15-12-5-4-11(17)6-13(12)9(2)23-21(15)24-19-14/h4-9H,3H2,1-2H3/q+1/t9-/m1/s1. The number of carbonyl (C=O) groups excluding carboxylic acids is 1. The molecule has 2 aromatic heterocycles. The van der Waals surface area contributed by atoms with Gasteiger partial charge < -0.3 is 4.84 Å². The van der Waals surface area contributed by atoms with E-state index in [1.54, 1.807) is 16.9 Å². The van der Waals surface area contributed by atoms with Gasteiger partial charge in [-0.05, 0) is 32.0 Å². The molecule has 0 spiro atoms. The Bertz CT molecular complexity index is 949. The lowest BCUT2D eigenvalue weighted by atomic mass is 9.96. The van der Waals surface area contributed by atoms with Crippen molar-refractivity contribution in [2.24, 2.45) is 0 Å². The maximum Gasteiger partial charge on any atom is 0.321 e. The van der Waals surface area contributed by atoms with Gasteiger partial charge in [0, 0.05) is 32.4 Å². The maximum atomic E-state index is 13.6. The van der Waals surface area contributed by atoms with E-state index in [0.29, 0.717) is 23.4 Å². The van der Waals surface area contributed by atoms with Gasteiger partial charge in [-0.2, -0.15) is 5.10 Å². The number of nitrogens with zero attached hydrogens (tertiary/aromatic N) is 4. The topological polar surface area (TPSA) is 60.9 Å². The van der Waals surface area contributed by atoms with E-state index in [1.165, 1.54) is 22.4 Å². The van der Waals surface area contributed by atoms with Crippen LogP contribution in [-0.2, 0) is 6.54 Å². The highest BCUT2D eigenvalue weighted by molar-refractivity contribution is 6.95. The van der Waals surface area contributed by atoms with Crippen molar-refractivity contribution >= 4 is 17.5 Å². The molecule has 0 saturated carbocycles. The molecule has 0 bridgehead atoms. The van der Waals surface area contributed by atoms with Crippen LogP contribution in [0.2, 0.25) is 0 Å². The van der Waals surface area contributed by atoms with Crippen LogP contribution in [0.3, 0.4) is 0 Å². The van der Waals surface area contributed by atoms with Crippen LogP contribution in [0, 0.1) is 5.82 Å². The zero-order chi connectivity index (χ0) is 16.8. The predicted molar refractivity (Wildman–Crippen MR) is 84.0 cm³/mol. The number of aryl methyl sites for hydroxylation is 1. The van der Waals surface area contributed by atoms with E-state index in [1.807, 2.05) is 13.8 Å². The summed E-state index contributed by atoms with van der Waals surface area (Å²) < 4.78 is 21.0. The summed E-state index contributed by atoms with van der Waals surface area (Å²) in [6, 6.07) is 4.48. The Morgan fingerprint density at radius 1 is 1.50 bits per heavy atom. The lowest BCUT2D eigenvalue weighted by Crippen LogP contribution is -2.45. The predicted octanol–water partition coefficient (Wildman–Crippen LogP) is 2.19. The van der Waals surface area contributed by atoms with E-state index < -0.39 is 0 Å². The van der Waals surface area contributed by atoms with E-state index in [-0.39, 0.29) is 23.4 Å². The van der Waals surface area contributed by atoms with Gasteiger partial charge in [0.05, 0.1) is 11.8 Å². The van der Waals surface area contributed by atoms with Gasteiger partial charge in [-0.3, -0.25) is 9.48 Å². The summed E-state index contributed by atoms with van der Waals surface area (Å²) in [4.78, 5) is 18.6. The number of ketones is 1. The van der Waals surface area contributed by atoms with Gasteiger partial charge >= 0.3 is 11.7 Å². The van der Waals surface area contributed by atoms with Crippen LogP contribution in [0.15, 0.2) is 30.6 Å². The van der Waals surface area contributed by atoms with E-state index in [2.05, 4.69) is 9.47 Å². The van der Waals surface area contributed by atoms with Crippen LogP contribution in [-0.4, -0.2) is 19.9 Å². The maximum absolute atomic E-state index is 13.6. The molecular weight excluding hydrogens is 331 g/mol. The molecule has 1 aliphatic heterocycles.